The van der Waals surface area contributed by atoms with Gasteiger partial charge in [0.15, 0.2) is 0 Å². The van der Waals surface area contributed by atoms with Crippen molar-refractivity contribution in [2.24, 2.45) is 11.3 Å². The fraction of sp³-hybridized carbons (Fsp3) is 0.500. The van der Waals surface area contributed by atoms with Crippen LogP contribution in [0.1, 0.15) is 35.6 Å². The zero-order chi connectivity index (χ0) is 19.4. The molecule has 0 aromatic heterocycles. The van der Waals surface area contributed by atoms with Gasteiger partial charge in [0.25, 0.3) is 0 Å². The molecule has 2 fully saturated rings. The molecule has 4 heteroatoms. The molecule has 3 unspecified atom stereocenters. The number of rotatable bonds is 6. The van der Waals surface area contributed by atoms with E-state index in [2.05, 4.69) is 77.3 Å². The number of hydrogen-bond acceptors (Lipinski definition) is 4. The SMILES string of the molecule is Cc1ccccc1CC1(CO)CCCN(CC2CNNC2c2ccccc2)C1. The van der Waals surface area contributed by atoms with E-state index in [-0.39, 0.29) is 12.0 Å². The lowest BCUT2D eigenvalue weighted by atomic mass is 9.75. The van der Waals surface area contributed by atoms with Crippen molar-refractivity contribution in [3.63, 3.8) is 0 Å². The van der Waals surface area contributed by atoms with Crippen molar-refractivity contribution in [1.82, 2.24) is 15.8 Å². The molecule has 2 aliphatic rings. The lowest BCUT2D eigenvalue weighted by Crippen LogP contribution is -2.48. The van der Waals surface area contributed by atoms with Crippen LogP contribution < -0.4 is 10.9 Å². The third-order valence-electron chi connectivity index (χ3n) is 6.65. The molecule has 3 N–H and O–H groups in total. The topological polar surface area (TPSA) is 47.5 Å². The number of benzene rings is 2. The van der Waals surface area contributed by atoms with Gasteiger partial charge in [-0.1, -0.05) is 54.6 Å². The number of aryl methyl sites for hydroxylation is 1. The van der Waals surface area contributed by atoms with E-state index < -0.39 is 0 Å². The highest BCUT2D eigenvalue weighted by molar-refractivity contribution is 5.27. The Labute approximate surface area is 168 Å². The Morgan fingerprint density at radius 3 is 2.68 bits per heavy atom. The van der Waals surface area contributed by atoms with Gasteiger partial charge in [0.2, 0.25) is 0 Å². The second kappa shape index (κ2) is 8.75. The summed E-state index contributed by atoms with van der Waals surface area (Å²) in [5.74, 6) is 0.537. The summed E-state index contributed by atoms with van der Waals surface area (Å²) in [7, 11) is 0. The number of aliphatic hydroxyl groups excluding tert-OH is 1. The number of piperidine rings is 1. The first-order valence-corrected chi connectivity index (χ1v) is 10.6. The minimum absolute atomic E-state index is 0.0218. The highest BCUT2D eigenvalue weighted by Crippen LogP contribution is 2.35. The van der Waals surface area contributed by atoms with E-state index >= 15 is 0 Å². The molecule has 0 saturated carbocycles. The Hall–Kier alpha value is -1.72. The van der Waals surface area contributed by atoms with Crippen LogP contribution >= 0.6 is 0 Å². The minimum Gasteiger partial charge on any atom is -0.396 e. The fourth-order valence-corrected chi connectivity index (χ4v) is 5.06. The van der Waals surface area contributed by atoms with Crippen LogP contribution in [0.4, 0.5) is 0 Å². The molecule has 0 amide bonds. The highest BCUT2D eigenvalue weighted by Gasteiger charge is 2.38. The number of hydrogen-bond donors (Lipinski definition) is 3. The summed E-state index contributed by atoms with van der Waals surface area (Å²) in [5, 5.41) is 10.4. The molecular formula is C24H33N3O. The maximum atomic E-state index is 10.4. The quantitative estimate of drug-likeness (QED) is 0.722. The minimum atomic E-state index is -0.0218. The molecule has 2 heterocycles. The smallest absolute Gasteiger partial charge is 0.0515 e. The molecule has 0 spiro atoms. The van der Waals surface area contributed by atoms with Crippen molar-refractivity contribution in [1.29, 1.82) is 0 Å². The third-order valence-corrected chi connectivity index (χ3v) is 6.65. The van der Waals surface area contributed by atoms with Gasteiger partial charge < -0.3 is 10.0 Å². The summed E-state index contributed by atoms with van der Waals surface area (Å²) in [4.78, 5) is 2.59. The summed E-state index contributed by atoms with van der Waals surface area (Å²) in [6.45, 7) is 6.61. The molecule has 4 nitrogen and oxygen atoms in total. The van der Waals surface area contributed by atoms with Crippen LogP contribution in [-0.4, -0.2) is 42.8 Å². The van der Waals surface area contributed by atoms with Gasteiger partial charge in [0.05, 0.1) is 12.6 Å². The van der Waals surface area contributed by atoms with E-state index in [1.54, 1.807) is 0 Å². The molecule has 150 valence electrons. The first-order chi connectivity index (χ1) is 13.7. The van der Waals surface area contributed by atoms with E-state index in [0.29, 0.717) is 12.0 Å². The average molecular weight is 380 g/mol. The number of likely N-dealkylation sites (tertiary alicyclic amines) is 1. The largest absolute Gasteiger partial charge is 0.396 e. The Kier molecular flexibility index (Phi) is 6.12. The average Bonchev–Trinajstić information content (AvgIpc) is 3.19. The van der Waals surface area contributed by atoms with Gasteiger partial charge in [-0.2, -0.15) is 0 Å². The van der Waals surface area contributed by atoms with E-state index in [1.165, 1.54) is 16.7 Å². The second-order valence-corrected chi connectivity index (χ2v) is 8.77. The van der Waals surface area contributed by atoms with Gasteiger partial charge >= 0.3 is 0 Å². The third kappa shape index (κ3) is 4.31. The van der Waals surface area contributed by atoms with Crippen LogP contribution in [0, 0.1) is 18.3 Å². The lowest BCUT2D eigenvalue weighted by molar-refractivity contribution is 0.0254. The van der Waals surface area contributed by atoms with Crippen molar-refractivity contribution < 1.29 is 5.11 Å². The number of nitrogens with zero attached hydrogens (tertiary/aromatic N) is 1. The maximum absolute atomic E-state index is 10.4. The first kappa shape index (κ1) is 19.6. The molecule has 0 bridgehead atoms. The van der Waals surface area contributed by atoms with Crippen LogP contribution in [0.2, 0.25) is 0 Å². The molecule has 0 radical (unpaired) electrons. The zero-order valence-corrected chi connectivity index (χ0v) is 16.9. The van der Waals surface area contributed by atoms with Crippen LogP contribution in [0.3, 0.4) is 0 Å². The molecule has 3 atom stereocenters. The van der Waals surface area contributed by atoms with Gasteiger partial charge in [0, 0.05) is 31.0 Å². The van der Waals surface area contributed by atoms with E-state index in [0.717, 1.165) is 45.4 Å². The number of hydrazine groups is 1. The Morgan fingerprint density at radius 1 is 1.11 bits per heavy atom. The van der Waals surface area contributed by atoms with Crippen molar-refractivity contribution in [3.8, 4) is 0 Å². The Balaban J connectivity index is 1.45. The molecule has 2 saturated heterocycles. The Morgan fingerprint density at radius 2 is 1.89 bits per heavy atom. The summed E-state index contributed by atoms with van der Waals surface area (Å²) < 4.78 is 0. The molecule has 0 aliphatic carbocycles. The molecular weight excluding hydrogens is 346 g/mol. The maximum Gasteiger partial charge on any atom is 0.0515 e. The van der Waals surface area contributed by atoms with Gasteiger partial charge in [-0.25, -0.2) is 5.43 Å². The normalized spacial score (nSPS) is 28.5. The van der Waals surface area contributed by atoms with Crippen LogP contribution in [0.5, 0.6) is 0 Å². The van der Waals surface area contributed by atoms with Crippen molar-refractivity contribution >= 4 is 0 Å². The fourth-order valence-electron chi connectivity index (χ4n) is 5.06. The summed E-state index contributed by atoms with van der Waals surface area (Å²) >= 11 is 0. The molecule has 2 aromatic carbocycles. The number of aliphatic hydroxyl groups is 1. The van der Waals surface area contributed by atoms with E-state index in [9.17, 15) is 5.11 Å². The van der Waals surface area contributed by atoms with E-state index in [1.807, 2.05) is 0 Å². The van der Waals surface area contributed by atoms with Crippen molar-refractivity contribution in [2.75, 3.05) is 32.8 Å². The van der Waals surface area contributed by atoms with Gasteiger partial charge in [-0.15, -0.1) is 0 Å². The molecule has 2 aromatic rings. The first-order valence-electron chi connectivity index (χ1n) is 10.6. The van der Waals surface area contributed by atoms with Crippen LogP contribution in [0.25, 0.3) is 0 Å². The second-order valence-electron chi connectivity index (χ2n) is 8.77. The van der Waals surface area contributed by atoms with Gasteiger partial charge in [0.1, 0.15) is 0 Å². The summed E-state index contributed by atoms with van der Waals surface area (Å²) in [6.07, 6.45) is 3.24. The summed E-state index contributed by atoms with van der Waals surface area (Å²) in [5.41, 5.74) is 10.9. The zero-order valence-electron chi connectivity index (χ0n) is 16.9. The Bertz CT molecular complexity index is 765. The standard InChI is InChI=1S/C24H33N3O/c1-19-8-5-6-11-21(19)14-24(18-28)12-7-13-27(17-24)16-22-15-25-26-23(22)20-9-3-2-4-10-20/h2-6,8-11,22-23,25-26,28H,7,12-18H2,1H3. The predicted molar refractivity (Wildman–Crippen MR) is 114 cm³/mol. The van der Waals surface area contributed by atoms with Gasteiger partial charge in [-0.3, -0.25) is 5.43 Å². The lowest BCUT2D eigenvalue weighted by Gasteiger charge is -2.43. The van der Waals surface area contributed by atoms with Crippen molar-refractivity contribution in [3.05, 3.63) is 71.3 Å². The van der Waals surface area contributed by atoms with Gasteiger partial charge in [-0.05, 0) is 49.4 Å². The molecule has 4 rings (SSSR count). The van der Waals surface area contributed by atoms with Crippen LogP contribution in [0.15, 0.2) is 54.6 Å². The number of nitrogens with one attached hydrogen (secondary N) is 2. The molecule has 28 heavy (non-hydrogen) atoms. The van der Waals surface area contributed by atoms with Crippen LogP contribution in [-0.2, 0) is 6.42 Å². The van der Waals surface area contributed by atoms with E-state index in [4.69, 9.17) is 0 Å². The summed E-state index contributed by atoms with van der Waals surface area (Å²) in [6, 6.07) is 19.7. The highest BCUT2D eigenvalue weighted by atomic mass is 16.3. The van der Waals surface area contributed by atoms with Crippen molar-refractivity contribution in [2.45, 2.75) is 32.2 Å². The molecule has 2 aliphatic heterocycles. The monoisotopic (exact) mass is 379 g/mol. The predicted octanol–water partition coefficient (Wildman–Crippen LogP) is 3.08.